The Morgan fingerprint density at radius 1 is 1.41 bits per heavy atom. The van der Waals surface area contributed by atoms with Gasteiger partial charge in [0, 0.05) is 20.6 Å². The van der Waals surface area contributed by atoms with Gasteiger partial charge in [0.1, 0.15) is 11.4 Å². The molecule has 0 unspecified atom stereocenters. The van der Waals surface area contributed by atoms with Crippen LogP contribution in [0.25, 0.3) is 0 Å². The minimum absolute atomic E-state index is 0.0582. The number of amides is 2. The second kappa shape index (κ2) is 5.98. The summed E-state index contributed by atoms with van der Waals surface area (Å²) in [6.45, 7) is 2.59. The summed E-state index contributed by atoms with van der Waals surface area (Å²) in [6.07, 6.45) is 0.870. The highest BCUT2D eigenvalue weighted by Crippen LogP contribution is 2.32. The lowest BCUT2D eigenvalue weighted by atomic mass is 10.2. The Morgan fingerprint density at radius 3 is 2.71 bits per heavy atom. The number of nitrogens with one attached hydrogen (secondary N) is 2. The summed E-state index contributed by atoms with van der Waals surface area (Å²) in [5, 5.41) is 15.1. The van der Waals surface area contributed by atoms with Crippen LogP contribution >= 0.6 is 0 Å². The number of carbonyl (C=O) groups excluding carboxylic acids is 1. The lowest BCUT2D eigenvalue weighted by molar-refractivity contribution is 0.252. The summed E-state index contributed by atoms with van der Waals surface area (Å²) in [5.74, 6) is 0.0582. The van der Waals surface area contributed by atoms with Crippen molar-refractivity contribution in [2.75, 3.05) is 30.9 Å². The van der Waals surface area contributed by atoms with E-state index in [1.54, 1.807) is 12.1 Å². The Labute approximate surface area is 101 Å². The molecule has 2 amide bonds. The van der Waals surface area contributed by atoms with Gasteiger partial charge in [-0.25, -0.2) is 4.79 Å². The van der Waals surface area contributed by atoms with Crippen LogP contribution < -0.4 is 15.5 Å². The van der Waals surface area contributed by atoms with E-state index >= 15 is 0 Å². The van der Waals surface area contributed by atoms with Gasteiger partial charge in [0.15, 0.2) is 0 Å². The number of rotatable bonds is 4. The molecule has 0 saturated carbocycles. The zero-order chi connectivity index (χ0) is 12.8. The quantitative estimate of drug-likeness (QED) is 0.702. The van der Waals surface area contributed by atoms with Crippen LogP contribution in [0.15, 0.2) is 18.2 Å². The Morgan fingerprint density at radius 2 is 2.12 bits per heavy atom. The average molecular weight is 237 g/mol. The number of nitrogens with zero attached hydrogens (tertiary/aromatic N) is 1. The minimum atomic E-state index is -0.309. The van der Waals surface area contributed by atoms with Crippen molar-refractivity contribution < 1.29 is 9.90 Å². The fraction of sp³-hybridized carbons (Fsp3) is 0.417. The number of urea groups is 1. The second-order valence-electron chi connectivity index (χ2n) is 3.95. The van der Waals surface area contributed by atoms with E-state index < -0.39 is 0 Å². The van der Waals surface area contributed by atoms with Crippen LogP contribution in [0.3, 0.4) is 0 Å². The van der Waals surface area contributed by atoms with Crippen LogP contribution in [0.2, 0.25) is 0 Å². The molecule has 0 aromatic heterocycles. The molecule has 0 fully saturated rings. The monoisotopic (exact) mass is 237 g/mol. The van der Waals surface area contributed by atoms with Crippen molar-refractivity contribution in [3.05, 3.63) is 18.2 Å². The highest BCUT2D eigenvalue weighted by molar-refractivity contribution is 5.95. The van der Waals surface area contributed by atoms with Crippen molar-refractivity contribution in [2.24, 2.45) is 0 Å². The van der Waals surface area contributed by atoms with Crippen molar-refractivity contribution >= 4 is 17.4 Å². The summed E-state index contributed by atoms with van der Waals surface area (Å²) in [7, 11) is 3.70. The van der Waals surface area contributed by atoms with Gasteiger partial charge < -0.3 is 20.6 Å². The fourth-order valence-corrected chi connectivity index (χ4v) is 1.43. The van der Waals surface area contributed by atoms with Crippen LogP contribution in [-0.2, 0) is 0 Å². The number of hydrogen-bond acceptors (Lipinski definition) is 3. The molecule has 0 spiro atoms. The Hall–Kier alpha value is -1.91. The number of phenolic OH excluding ortho intramolecular Hbond substituents is 1. The molecule has 0 aliphatic rings. The number of aromatic hydroxyl groups is 1. The first-order valence-electron chi connectivity index (χ1n) is 5.60. The lowest BCUT2D eigenvalue weighted by Crippen LogP contribution is -2.30. The highest BCUT2D eigenvalue weighted by Gasteiger charge is 2.11. The summed E-state index contributed by atoms with van der Waals surface area (Å²) in [4.78, 5) is 13.4. The molecule has 0 bridgehead atoms. The van der Waals surface area contributed by atoms with Crippen LogP contribution in [0, 0.1) is 0 Å². The number of hydrogen-bond donors (Lipinski definition) is 3. The summed E-state index contributed by atoms with van der Waals surface area (Å²) in [5.41, 5.74) is 1.18. The third-order valence-corrected chi connectivity index (χ3v) is 2.28. The maximum atomic E-state index is 11.5. The summed E-state index contributed by atoms with van der Waals surface area (Å²) in [6, 6.07) is 4.80. The van der Waals surface area contributed by atoms with Crippen molar-refractivity contribution in [2.45, 2.75) is 13.3 Å². The molecule has 1 aromatic carbocycles. The Kier molecular flexibility index (Phi) is 4.63. The normalized spacial score (nSPS) is 9.82. The van der Waals surface area contributed by atoms with E-state index in [0.717, 1.165) is 12.1 Å². The Balaban J connectivity index is 2.85. The van der Waals surface area contributed by atoms with Gasteiger partial charge in [-0.15, -0.1) is 0 Å². The molecule has 0 atom stereocenters. The van der Waals surface area contributed by atoms with Crippen molar-refractivity contribution in [3.63, 3.8) is 0 Å². The number of anilines is 2. The average Bonchev–Trinajstić information content (AvgIpc) is 2.28. The van der Waals surface area contributed by atoms with Crippen LogP contribution in [0.5, 0.6) is 5.75 Å². The number of benzene rings is 1. The predicted molar refractivity (Wildman–Crippen MR) is 69.7 cm³/mol. The van der Waals surface area contributed by atoms with Crippen LogP contribution in [0.4, 0.5) is 16.2 Å². The zero-order valence-electron chi connectivity index (χ0n) is 10.4. The molecule has 0 aliphatic heterocycles. The van der Waals surface area contributed by atoms with Gasteiger partial charge in [-0.2, -0.15) is 0 Å². The molecule has 17 heavy (non-hydrogen) atoms. The molecule has 0 saturated heterocycles. The molecule has 0 aliphatic carbocycles. The topological polar surface area (TPSA) is 64.6 Å². The van der Waals surface area contributed by atoms with E-state index in [-0.39, 0.29) is 11.8 Å². The summed E-state index contributed by atoms with van der Waals surface area (Å²) < 4.78 is 0. The van der Waals surface area contributed by atoms with Gasteiger partial charge >= 0.3 is 6.03 Å². The van der Waals surface area contributed by atoms with Crippen LogP contribution in [0.1, 0.15) is 13.3 Å². The molecule has 94 valence electrons. The van der Waals surface area contributed by atoms with E-state index in [1.807, 2.05) is 32.0 Å². The second-order valence-corrected chi connectivity index (χ2v) is 3.95. The largest absolute Gasteiger partial charge is 0.506 e. The molecule has 1 aromatic rings. The van der Waals surface area contributed by atoms with Gasteiger partial charge in [-0.3, -0.25) is 0 Å². The SMILES string of the molecule is CCCNC(=O)Nc1c(O)cccc1N(C)C. The lowest BCUT2D eigenvalue weighted by Gasteiger charge is -2.18. The summed E-state index contributed by atoms with van der Waals surface area (Å²) >= 11 is 0. The minimum Gasteiger partial charge on any atom is -0.506 e. The molecular formula is C12H19N3O2. The predicted octanol–water partition coefficient (Wildman–Crippen LogP) is 1.99. The molecule has 0 heterocycles. The van der Waals surface area contributed by atoms with Crippen molar-refractivity contribution in [1.82, 2.24) is 5.32 Å². The van der Waals surface area contributed by atoms with Gasteiger partial charge in [0.2, 0.25) is 0 Å². The molecule has 5 nitrogen and oxygen atoms in total. The van der Waals surface area contributed by atoms with Gasteiger partial charge in [0.25, 0.3) is 0 Å². The smallest absolute Gasteiger partial charge is 0.319 e. The molecule has 5 heteroatoms. The number of carbonyl (C=O) groups is 1. The van der Waals surface area contributed by atoms with Gasteiger partial charge in [0.05, 0.1) is 5.69 Å². The van der Waals surface area contributed by atoms with Gasteiger partial charge in [-0.1, -0.05) is 13.0 Å². The first-order chi connectivity index (χ1) is 8.06. The van der Waals surface area contributed by atoms with E-state index in [4.69, 9.17) is 0 Å². The zero-order valence-corrected chi connectivity index (χ0v) is 10.4. The highest BCUT2D eigenvalue weighted by atomic mass is 16.3. The first kappa shape index (κ1) is 13.2. The maximum absolute atomic E-state index is 11.5. The number of phenols is 1. The third kappa shape index (κ3) is 3.55. The van der Waals surface area contributed by atoms with E-state index in [9.17, 15) is 9.90 Å². The molecular weight excluding hydrogens is 218 g/mol. The van der Waals surface area contributed by atoms with E-state index in [1.165, 1.54) is 0 Å². The van der Waals surface area contributed by atoms with Crippen LogP contribution in [-0.4, -0.2) is 31.8 Å². The number of para-hydroxylation sites is 1. The maximum Gasteiger partial charge on any atom is 0.319 e. The van der Waals surface area contributed by atoms with Crippen molar-refractivity contribution in [3.8, 4) is 5.75 Å². The third-order valence-electron chi connectivity index (χ3n) is 2.28. The molecule has 0 radical (unpaired) electrons. The first-order valence-corrected chi connectivity index (χ1v) is 5.60. The van der Waals surface area contributed by atoms with E-state index in [0.29, 0.717) is 12.2 Å². The van der Waals surface area contributed by atoms with E-state index in [2.05, 4.69) is 10.6 Å². The van der Waals surface area contributed by atoms with Crippen molar-refractivity contribution in [1.29, 1.82) is 0 Å². The molecule has 3 N–H and O–H groups in total. The van der Waals surface area contributed by atoms with Gasteiger partial charge in [-0.05, 0) is 18.6 Å². The standard InChI is InChI=1S/C12H19N3O2/c1-4-8-13-12(17)14-11-9(15(2)3)6-5-7-10(11)16/h5-7,16H,4,8H2,1-3H3,(H2,13,14,17). The Bertz CT molecular complexity index is 391. The molecule has 1 rings (SSSR count). The fourth-order valence-electron chi connectivity index (χ4n) is 1.43.